The first-order valence-corrected chi connectivity index (χ1v) is 14.5. The summed E-state index contributed by atoms with van der Waals surface area (Å²) in [5.74, 6) is 1.68. The molecular formula is C39H26N6. The van der Waals surface area contributed by atoms with Crippen molar-refractivity contribution in [3.63, 3.8) is 0 Å². The van der Waals surface area contributed by atoms with Crippen LogP contribution in [0.2, 0.25) is 0 Å². The van der Waals surface area contributed by atoms with E-state index in [9.17, 15) is 5.26 Å². The van der Waals surface area contributed by atoms with Crippen LogP contribution in [0.3, 0.4) is 0 Å². The maximum atomic E-state index is 9.96. The molecule has 0 aliphatic carbocycles. The van der Waals surface area contributed by atoms with Crippen LogP contribution in [-0.2, 0) is 0 Å². The quantitative estimate of drug-likeness (QED) is 0.193. The number of nitrogens with one attached hydrogen (secondary N) is 2. The number of benzene rings is 5. The second-order valence-electron chi connectivity index (χ2n) is 10.5. The molecule has 0 amide bonds. The number of rotatable bonds is 6. The fraction of sp³-hybridized carbons (Fsp3) is 0. The summed E-state index contributed by atoms with van der Waals surface area (Å²) in [4.78, 5) is 14.7. The van der Waals surface area contributed by atoms with E-state index in [0.717, 1.165) is 44.6 Å². The predicted molar refractivity (Wildman–Crippen MR) is 180 cm³/mol. The van der Waals surface area contributed by atoms with Crippen molar-refractivity contribution in [3.8, 4) is 40.2 Å². The van der Waals surface area contributed by atoms with Crippen molar-refractivity contribution < 1.29 is 0 Å². The van der Waals surface area contributed by atoms with Gasteiger partial charge in [-0.2, -0.15) is 5.26 Å². The number of hydrogen-bond acceptors (Lipinski definition) is 6. The lowest BCUT2D eigenvalue weighted by Gasteiger charge is -2.25. The van der Waals surface area contributed by atoms with Gasteiger partial charge in [-0.1, -0.05) is 133 Å². The van der Waals surface area contributed by atoms with E-state index in [1.54, 1.807) is 0 Å². The Bertz CT molecular complexity index is 2070. The molecule has 0 atom stereocenters. The van der Waals surface area contributed by atoms with Gasteiger partial charge in [0.25, 0.3) is 0 Å². The molecule has 0 unspecified atom stereocenters. The zero-order valence-corrected chi connectivity index (χ0v) is 24.1. The zero-order chi connectivity index (χ0) is 30.6. The van der Waals surface area contributed by atoms with E-state index in [1.165, 1.54) is 0 Å². The lowest BCUT2D eigenvalue weighted by Crippen LogP contribution is -2.19. The molecule has 0 bridgehead atoms. The first-order valence-electron chi connectivity index (χ1n) is 14.5. The Balaban J connectivity index is 1.46. The molecule has 6 aromatic rings. The van der Waals surface area contributed by atoms with Gasteiger partial charge < -0.3 is 5.32 Å². The molecule has 2 heterocycles. The molecule has 1 aliphatic rings. The fourth-order valence-electron chi connectivity index (χ4n) is 5.41. The van der Waals surface area contributed by atoms with Gasteiger partial charge in [0, 0.05) is 33.5 Å². The van der Waals surface area contributed by atoms with Crippen LogP contribution in [0.5, 0.6) is 0 Å². The highest BCUT2D eigenvalue weighted by molar-refractivity contribution is 6.35. The van der Waals surface area contributed by atoms with Crippen molar-refractivity contribution >= 4 is 28.8 Å². The van der Waals surface area contributed by atoms with Crippen molar-refractivity contribution in [2.45, 2.75) is 0 Å². The van der Waals surface area contributed by atoms with Crippen molar-refractivity contribution in [2.24, 2.45) is 0 Å². The Labute approximate surface area is 261 Å². The zero-order valence-electron chi connectivity index (χ0n) is 24.1. The minimum Gasteiger partial charge on any atom is -0.354 e. The van der Waals surface area contributed by atoms with Gasteiger partial charge in [-0.25, -0.2) is 15.0 Å². The minimum atomic E-state index is -0.132. The fourth-order valence-corrected chi connectivity index (χ4v) is 5.41. The normalized spacial score (nSPS) is 13.1. The topological polar surface area (TPSA) is 98.3 Å². The number of allylic oxidation sites excluding steroid dienone is 1. The number of fused-ring (bicyclic) bond motifs is 1. The molecule has 6 nitrogen and oxygen atoms in total. The van der Waals surface area contributed by atoms with Crippen LogP contribution in [0.4, 0.5) is 0 Å². The molecule has 5 aromatic carbocycles. The van der Waals surface area contributed by atoms with Crippen molar-refractivity contribution in [1.82, 2.24) is 20.3 Å². The van der Waals surface area contributed by atoms with Gasteiger partial charge in [-0.3, -0.25) is 5.41 Å². The van der Waals surface area contributed by atoms with Crippen LogP contribution in [0.1, 0.15) is 22.3 Å². The third-order valence-corrected chi connectivity index (χ3v) is 7.60. The summed E-state index contributed by atoms with van der Waals surface area (Å²) in [6.45, 7) is 0. The lowest BCUT2D eigenvalue weighted by atomic mass is 9.89. The first kappa shape index (κ1) is 27.4. The minimum absolute atomic E-state index is 0.132. The van der Waals surface area contributed by atoms with Gasteiger partial charge >= 0.3 is 0 Å². The molecule has 7 rings (SSSR count). The molecule has 1 aliphatic heterocycles. The Kier molecular flexibility index (Phi) is 7.33. The van der Waals surface area contributed by atoms with Crippen molar-refractivity contribution in [1.29, 1.82) is 10.7 Å². The van der Waals surface area contributed by atoms with Crippen LogP contribution < -0.4 is 5.32 Å². The standard InChI is InChI=1S/C39H26N6/c40-25-33(41)35(27-15-7-2-8-16-27)36-32-23-31(22-21-30(32)24-34(42-36)26-13-5-1-6-14-26)39-44-37(28-17-9-3-10-18-28)43-38(45-39)29-19-11-4-12-20-29/h1-24,41-42H/b36-35-,41-33?. The lowest BCUT2D eigenvalue weighted by molar-refractivity contribution is 1.07. The average molecular weight is 579 g/mol. The SMILES string of the molecule is N#CC(=N)/C(=C1\NC(c2ccccc2)=Cc2ccc(-c3nc(-c4ccccc4)nc(-c4ccccc4)n3)cc21)c1ccccc1. The van der Waals surface area contributed by atoms with Crippen LogP contribution >= 0.6 is 0 Å². The summed E-state index contributed by atoms with van der Waals surface area (Å²) in [7, 11) is 0. The molecule has 2 N–H and O–H groups in total. The van der Waals surface area contributed by atoms with E-state index < -0.39 is 0 Å². The Morgan fingerprint density at radius 1 is 0.578 bits per heavy atom. The smallest absolute Gasteiger partial charge is 0.164 e. The summed E-state index contributed by atoms with van der Waals surface area (Å²) >= 11 is 0. The van der Waals surface area contributed by atoms with E-state index in [-0.39, 0.29) is 5.71 Å². The molecule has 45 heavy (non-hydrogen) atoms. The van der Waals surface area contributed by atoms with Crippen LogP contribution in [-0.4, -0.2) is 20.7 Å². The monoisotopic (exact) mass is 578 g/mol. The molecular weight excluding hydrogens is 552 g/mol. The maximum Gasteiger partial charge on any atom is 0.164 e. The molecule has 0 spiro atoms. The molecule has 6 heteroatoms. The highest BCUT2D eigenvalue weighted by Crippen LogP contribution is 2.37. The van der Waals surface area contributed by atoms with E-state index in [0.29, 0.717) is 28.7 Å². The summed E-state index contributed by atoms with van der Waals surface area (Å²) in [5, 5.41) is 22.3. The summed E-state index contributed by atoms with van der Waals surface area (Å²) in [6.07, 6.45) is 2.09. The highest BCUT2D eigenvalue weighted by Gasteiger charge is 2.24. The molecule has 0 saturated carbocycles. The van der Waals surface area contributed by atoms with Gasteiger partial charge in [-0.15, -0.1) is 0 Å². The third-order valence-electron chi connectivity index (χ3n) is 7.60. The van der Waals surface area contributed by atoms with Crippen LogP contribution in [0.15, 0.2) is 140 Å². The van der Waals surface area contributed by atoms with E-state index in [2.05, 4.69) is 17.5 Å². The van der Waals surface area contributed by atoms with E-state index in [4.69, 9.17) is 20.4 Å². The number of aromatic nitrogens is 3. The van der Waals surface area contributed by atoms with Gasteiger partial charge in [0.2, 0.25) is 0 Å². The predicted octanol–water partition coefficient (Wildman–Crippen LogP) is 8.39. The molecule has 0 saturated heterocycles. The molecule has 0 radical (unpaired) electrons. The largest absolute Gasteiger partial charge is 0.354 e. The number of nitriles is 1. The van der Waals surface area contributed by atoms with E-state index in [1.807, 2.05) is 140 Å². The van der Waals surface area contributed by atoms with Gasteiger partial charge in [0.05, 0.1) is 5.70 Å². The van der Waals surface area contributed by atoms with Gasteiger partial charge in [-0.05, 0) is 28.8 Å². The molecule has 1 aromatic heterocycles. The third kappa shape index (κ3) is 5.54. The Hall–Kier alpha value is -6.45. The van der Waals surface area contributed by atoms with Crippen molar-refractivity contribution in [3.05, 3.63) is 162 Å². The Morgan fingerprint density at radius 3 is 1.60 bits per heavy atom. The maximum absolute atomic E-state index is 9.96. The first-order chi connectivity index (χ1) is 22.2. The Morgan fingerprint density at radius 2 is 1.07 bits per heavy atom. The molecule has 212 valence electrons. The summed E-state index contributed by atoms with van der Waals surface area (Å²) in [5.41, 5.74) is 8.07. The number of hydrogen-bond donors (Lipinski definition) is 2. The van der Waals surface area contributed by atoms with Gasteiger partial charge in [0.1, 0.15) is 11.8 Å². The summed E-state index contributed by atoms with van der Waals surface area (Å²) < 4.78 is 0. The highest BCUT2D eigenvalue weighted by atomic mass is 15.0. The van der Waals surface area contributed by atoms with Gasteiger partial charge in [0.15, 0.2) is 17.5 Å². The second kappa shape index (κ2) is 12.0. The second-order valence-corrected chi connectivity index (χ2v) is 10.5. The summed E-state index contributed by atoms with van der Waals surface area (Å²) in [6, 6.07) is 47.5. The molecule has 0 fully saturated rings. The van der Waals surface area contributed by atoms with Crippen LogP contribution in [0, 0.1) is 16.7 Å². The van der Waals surface area contributed by atoms with E-state index >= 15 is 0 Å². The average Bonchev–Trinajstić information content (AvgIpc) is 3.12. The van der Waals surface area contributed by atoms with Crippen molar-refractivity contribution in [2.75, 3.05) is 0 Å². The van der Waals surface area contributed by atoms with Crippen LogP contribution in [0.25, 0.3) is 57.2 Å². The number of nitrogens with zero attached hydrogens (tertiary/aromatic N) is 4.